The van der Waals surface area contributed by atoms with E-state index in [9.17, 15) is 15.2 Å². The van der Waals surface area contributed by atoms with Crippen LogP contribution in [0.15, 0.2) is 24.3 Å². The second-order valence-corrected chi connectivity index (χ2v) is 7.07. The van der Waals surface area contributed by atoms with Crippen LogP contribution in [0.1, 0.15) is 26.0 Å². The van der Waals surface area contributed by atoms with Crippen LogP contribution in [-0.2, 0) is 0 Å². The number of nitro groups is 1. The number of aryl methyl sites for hydroxylation is 1. The summed E-state index contributed by atoms with van der Waals surface area (Å²) in [4.78, 5) is 20.1. The van der Waals surface area contributed by atoms with Crippen LogP contribution in [0.5, 0.6) is 0 Å². The number of non-ortho nitro benzene ring substituents is 1. The topological polar surface area (TPSA) is 82.7 Å². The first-order chi connectivity index (χ1) is 12.4. The average molecular weight is 358 g/mol. The van der Waals surface area contributed by atoms with E-state index in [1.54, 1.807) is 6.07 Å². The molecule has 1 fully saturated rings. The summed E-state index contributed by atoms with van der Waals surface area (Å²) in [5, 5.41) is 21.9. The van der Waals surface area contributed by atoms with E-state index in [1.165, 1.54) is 6.07 Å². The normalized spacial score (nSPS) is 19.7. The van der Waals surface area contributed by atoms with Crippen LogP contribution in [0.4, 0.5) is 11.4 Å². The quantitative estimate of drug-likeness (QED) is 0.654. The molecule has 1 aliphatic rings. The van der Waals surface area contributed by atoms with Gasteiger partial charge in [0.25, 0.3) is 5.69 Å². The van der Waals surface area contributed by atoms with Crippen LogP contribution < -0.4 is 4.90 Å². The van der Waals surface area contributed by atoms with E-state index in [0.29, 0.717) is 18.1 Å². The maximum Gasteiger partial charge on any atom is 0.295 e. The molecule has 0 aliphatic carbocycles. The zero-order valence-electron chi connectivity index (χ0n) is 15.6. The minimum atomic E-state index is -0.367. The highest BCUT2D eigenvalue weighted by Crippen LogP contribution is 2.33. The molecule has 1 aliphatic heterocycles. The Hall–Kier alpha value is -2.25. The molecule has 0 saturated carbocycles. The van der Waals surface area contributed by atoms with Crippen molar-refractivity contribution in [1.29, 1.82) is 0 Å². The Morgan fingerprint density at radius 2 is 2.19 bits per heavy atom. The van der Waals surface area contributed by atoms with Gasteiger partial charge >= 0.3 is 0 Å². The maximum absolute atomic E-state index is 11.4. The third-order valence-corrected chi connectivity index (χ3v) is 5.04. The van der Waals surface area contributed by atoms with Crippen molar-refractivity contribution in [3.05, 3.63) is 40.1 Å². The molecule has 2 unspecified atom stereocenters. The number of anilines is 1. The zero-order valence-corrected chi connectivity index (χ0v) is 15.6. The molecule has 7 nitrogen and oxygen atoms in total. The summed E-state index contributed by atoms with van der Waals surface area (Å²) in [6.45, 7) is 9.05. The Bertz CT molecular complexity index is 809. The van der Waals surface area contributed by atoms with E-state index in [2.05, 4.69) is 21.7 Å². The standard InChI is InChI=1S/C19H26N4O3/c1-4-15-12-22(9-8-21(15)11-14(3)24)18-10-13(2)20-19-16(18)6-5-7-17(19)23(25)26/h5-7,10,14-15,24H,4,8-9,11-12H2,1-3H3. The Kier molecular flexibility index (Phi) is 5.38. The highest BCUT2D eigenvalue weighted by molar-refractivity contribution is 5.97. The molecular formula is C19H26N4O3. The monoisotopic (exact) mass is 358 g/mol. The molecule has 2 atom stereocenters. The van der Waals surface area contributed by atoms with Crippen molar-refractivity contribution >= 4 is 22.3 Å². The first-order valence-electron chi connectivity index (χ1n) is 9.12. The molecule has 2 aromatic rings. The summed E-state index contributed by atoms with van der Waals surface area (Å²) >= 11 is 0. The molecule has 2 heterocycles. The van der Waals surface area contributed by atoms with Gasteiger partial charge in [0.1, 0.15) is 0 Å². The van der Waals surface area contributed by atoms with Gasteiger partial charge in [0.2, 0.25) is 0 Å². The Labute approximate surface area is 153 Å². The first kappa shape index (κ1) is 18.5. The van der Waals surface area contributed by atoms with E-state index >= 15 is 0 Å². The molecule has 0 spiro atoms. The SMILES string of the molecule is CCC1CN(c2cc(C)nc3c([N+](=O)[O-])cccc23)CCN1CC(C)O. The highest BCUT2D eigenvalue weighted by Gasteiger charge is 2.28. The number of piperazine rings is 1. The summed E-state index contributed by atoms with van der Waals surface area (Å²) in [6.07, 6.45) is 0.646. The highest BCUT2D eigenvalue weighted by atomic mass is 16.6. The summed E-state index contributed by atoms with van der Waals surface area (Å²) in [6, 6.07) is 7.51. The molecule has 0 bridgehead atoms. The van der Waals surface area contributed by atoms with E-state index < -0.39 is 0 Å². The van der Waals surface area contributed by atoms with Gasteiger partial charge in [0.05, 0.1) is 11.0 Å². The lowest BCUT2D eigenvalue weighted by molar-refractivity contribution is -0.383. The van der Waals surface area contributed by atoms with Gasteiger partial charge < -0.3 is 10.0 Å². The van der Waals surface area contributed by atoms with Gasteiger partial charge in [-0.2, -0.15) is 0 Å². The number of β-amino-alcohol motifs (C(OH)–C–C–N with tert-alkyl or cyclic N) is 1. The van der Waals surface area contributed by atoms with E-state index in [0.717, 1.165) is 42.8 Å². The third kappa shape index (κ3) is 3.64. The maximum atomic E-state index is 11.4. The Balaban J connectivity index is 1.98. The molecule has 1 N–H and O–H groups in total. The molecular weight excluding hydrogens is 332 g/mol. The van der Waals surface area contributed by atoms with E-state index in [-0.39, 0.29) is 16.7 Å². The van der Waals surface area contributed by atoms with Gasteiger partial charge in [-0.05, 0) is 26.3 Å². The first-order valence-corrected chi connectivity index (χ1v) is 9.12. The lowest BCUT2D eigenvalue weighted by atomic mass is 10.1. The lowest BCUT2D eigenvalue weighted by Crippen LogP contribution is -2.54. The third-order valence-electron chi connectivity index (χ3n) is 5.04. The fraction of sp³-hybridized carbons (Fsp3) is 0.526. The van der Waals surface area contributed by atoms with Crippen LogP contribution in [0, 0.1) is 17.0 Å². The number of aromatic nitrogens is 1. The van der Waals surface area contributed by atoms with Crippen molar-refractivity contribution in [3.63, 3.8) is 0 Å². The summed E-state index contributed by atoms with van der Waals surface area (Å²) in [5.41, 5.74) is 2.28. The van der Waals surface area contributed by atoms with Gasteiger partial charge in [0.15, 0.2) is 5.52 Å². The Morgan fingerprint density at radius 3 is 2.85 bits per heavy atom. The van der Waals surface area contributed by atoms with Gasteiger partial charge in [-0.1, -0.05) is 19.1 Å². The summed E-state index contributed by atoms with van der Waals surface area (Å²) in [7, 11) is 0. The van der Waals surface area contributed by atoms with Crippen molar-refractivity contribution in [1.82, 2.24) is 9.88 Å². The fourth-order valence-electron chi connectivity index (χ4n) is 3.83. The second-order valence-electron chi connectivity index (χ2n) is 7.07. The van der Waals surface area contributed by atoms with Crippen molar-refractivity contribution in [2.24, 2.45) is 0 Å². The largest absolute Gasteiger partial charge is 0.392 e. The molecule has 26 heavy (non-hydrogen) atoms. The van der Waals surface area contributed by atoms with Crippen LogP contribution in [0.2, 0.25) is 0 Å². The molecule has 1 aromatic carbocycles. The van der Waals surface area contributed by atoms with Crippen molar-refractivity contribution in [3.8, 4) is 0 Å². The minimum Gasteiger partial charge on any atom is -0.392 e. The molecule has 1 saturated heterocycles. The molecule has 1 aromatic heterocycles. The summed E-state index contributed by atoms with van der Waals surface area (Å²) < 4.78 is 0. The number of hydrogen-bond acceptors (Lipinski definition) is 6. The number of hydrogen-bond donors (Lipinski definition) is 1. The molecule has 0 amide bonds. The second kappa shape index (κ2) is 7.55. The number of pyridine rings is 1. The molecule has 7 heteroatoms. The smallest absolute Gasteiger partial charge is 0.295 e. The van der Waals surface area contributed by atoms with Crippen molar-refractivity contribution < 1.29 is 10.0 Å². The van der Waals surface area contributed by atoms with Crippen LogP contribution >= 0.6 is 0 Å². The van der Waals surface area contributed by atoms with Crippen LogP contribution in [0.25, 0.3) is 10.9 Å². The van der Waals surface area contributed by atoms with Gasteiger partial charge in [-0.25, -0.2) is 4.98 Å². The predicted octanol–water partition coefficient (Wildman–Crippen LogP) is 2.73. The molecule has 0 radical (unpaired) electrons. The predicted molar refractivity (Wildman–Crippen MR) is 103 cm³/mol. The van der Waals surface area contributed by atoms with Crippen molar-refractivity contribution in [2.75, 3.05) is 31.1 Å². The number of aliphatic hydroxyl groups excluding tert-OH is 1. The number of aliphatic hydroxyl groups is 1. The number of nitrogens with zero attached hydrogens (tertiary/aromatic N) is 4. The van der Waals surface area contributed by atoms with Crippen LogP contribution in [-0.4, -0.2) is 58.2 Å². The molecule has 3 rings (SSSR count). The zero-order chi connectivity index (χ0) is 18.8. The number of rotatable bonds is 5. The number of nitro benzene ring substituents is 1. The van der Waals surface area contributed by atoms with Gasteiger partial charge in [-0.15, -0.1) is 0 Å². The Morgan fingerprint density at radius 1 is 1.42 bits per heavy atom. The number of benzene rings is 1. The average Bonchev–Trinajstić information content (AvgIpc) is 2.60. The fourth-order valence-corrected chi connectivity index (χ4v) is 3.83. The van der Waals surface area contributed by atoms with Gasteiger partial charge in [0, 0.05) is 55.1 Å². The lowest BCUT2D eigenvalue weighted by Gasteiger charge is -2.43. The number of fused-ring (bicyclic) bond motifs is 1. The summed E-state index contributed by atoms with van der Waals surface area (Å²) in [5.74, 6) is 0. The van der Waals surface area contributed by atoms with Crippen LogP contribution in [0.3, 0.4) is 0 Å². The van der Waals surface area contributed by atoms with E-state index in [1.807, 2.05) is 26.0 Å². The van der Waals surface area contributed by atoms with E-state index in [4.69, 9.17) is 0 Å². The molecule has 140 valence electrons. The van der Waals surface area contributed by atoms with Crippen molar-refractivity contribution in [2.45, 2.75) is 39.3 Å². The van der Waals surface area contributed by atoms with Gasteiger partial charge in [-0.3, -0.25) is 15.0 Å². The number of para-hydroxylation sites is 1. The minimum absolute atomic E-state index is 0.0484.